The average molecular weight is 353 g/mol. The SMILES string of the molecule is CCS(=O)(=O)c1ccc(-n2cncn2)nc1NC(=O)OC(C)(C)C. The van der Waals surface area contributed by atoms with E-state index in [1.807, 2.05) is 0 Å². The Morgan fingerprint density at radius 3 is 2.58 bits per heavy atom. The van der Waals surface area contributed by atoms with Crippen LogP contribution < -0.4 is 5.32 Å². The zero-order valence-corrected chi connectivity index (χ0v) is 14.7. The lowest BCUT2D eigenvalue weighted by molar-refractivity contribution is 0.0635. The van der Waals surface area contributed by atoms with Crippen LogP contribution in [0.2, 0.25) is 0 Å². The van der Waals surface area contributed by atoms with Gasteiger partial charge in [-0.25, -0.2) is 27.9 Å². The number of hydrogen-bond donors (Lipinski definition) is 1. The fourth-order valence-electron chi connectivity index (χ4n) is 1.79. The van der Waals surface area contributed by atoms with Crippen LogP contribution >= 0.6 is 0 Å². The standard InChI is InChI=1S/C14H19N5O4S/c1-5-24(21,22)10-6-7-11(19-9-15-8-16-19)17-12(10)18-13(20)23-14(2,3)4/h6-9H,5H2,1-4H3,(H,17,18,20). The molecule has 1 amide bonds. The lowest BCUT2D eigenvalue weighted by atomic mass is 10.2. The molecule has 0 bridgehead atoms. The molecule has 0 saturated carbocycles. The zero-order chi connectivity index (χ0) is 18.0. The topological polar surface area (TPSA) is 116 Å². The minimum Gasteiger partial charge on any atom is -0.444 e. The number of carbonyl (C=O) groups is 1. The van der Waals surface area contributed by atoms with E-state index in [0.717, 1.165) is 0 Å². The third-order valence-corrected chi connectivity index (χ3v) is 4.59. The second kappa shape index (κ2) is 6.56. The zero-order valence-electron chi connectivity index (χ0n) is 13.8. The van der Waals surface area contributed by atoms with Crippen molar-refractivity contribution in [1.82, 2.24) is 19.7 Å². The van der Waals surface area contributed by atoms with Gasteiger partial charge in [0.2, 0.25) is 0 Å². The molecule has 0 spiro atoms. The molecule has 0 aromatic carbocycles. The summed E-state index contributed by atoms with van der Waals surface area (Å²) in [6, 6.07) is 2.85. The summed E-state index contributed by atoms with van der Waals surface area (Å²) in [5.74, 6) is 0.0769. The molecule has 0 unspecified atom stereocenters. The van der Waals surface area contributed by atoms with Gasteiger partial charge in [-0.1, -0.05) is 6.92 Å². The Balaban J connectivity index is 2.44. The molecule has 1 N–H and O–H groups in total. The molecule has 9 nitrogen and oxygen atoms in total. The van der Waals surface area contributed by atoms with Crippen molar-refractivity contribution in [2.45, 2.75) is 38.2 Å². The predicted molar refractivity (Wildman–Crippen MR) is 86.7 cm³/mol. The Hall–Kier alpha value is -2.49. The van der Waals surface area contributed by atoms with E-state index < -0.39 is 21.5 Å². The van der Waals surface area contributed by atoms with Gasteiger partial charge >= 0.3 is 6.09 Å². The van der Waals surface area contributed by atoms with Gasteiger partial charge in [-0.15, -0.1) is 0 Å². The van der Waals surface area contributed by atoms with Crippen LogP contribution in [-0.4, -0.2) is 45.6 Å². The van der Waals surface area contributed by atoms with Crippen molar-refractivity contribution in [3.05, 3.63) is 24.8 Å². The van der Waals surface area contributed by atoms with Crippen molar-refractivity contribution < 1.29 is 17.9 Å². The molecular weight excluding hydrogens is 334 g/mol. The molecule has 2 aromatic rings. The predicted octanol–water partition coefficient (Wildman–Crippen LogP) is 1.80. The summed E-state index contributed by atoms with van der Waals surface area (Å²) in [7, 11) is -3.58. The van der Waals surface area contributed by atoms with Gasteiger partial charge in [-0.2, -0.15) is 5.10 Å². The van der Waals surface area contributed by atoms with Crippen molar-refractivity contribution >= 4 is 21.7 Å². The summed E-state index contributed by atoms with van der Waals surface area (Å²) in [5.41, 5.74) is -0.725. The van der Waals surface area contributed by atoms with Gasteiger partial charge < -0.3 is 4.74 Å². The van der Waals surface area contributed by atoms with Crippen molar-refractivity contribution in [2.24, 2.45) is 0 Å². The number of ether oxygens (including phenoxy) is 1. The molecule has 0 saturated heterocycles. The monoisotopic (exact) mass is 353 g/mol. The second-order valence-electron chi connectivity index (χ2n) is 5.89. The van der Waals surface area contributed by atoms with E-state index in [4.69, 9.17) is 4.74 Å². The highest BCUT2D eigenvalue weighted by atomic mass is 32.2. The first-order chi connectivity index (χ1) is 11.1. The quantitative estimate of drug-likeness (QED) is 0.891. The van der Waals surface area contributed by atoms with Crippen molar-refractivity contribution in [3.63, 3.8) is 0 Å². The van der Waals surface area contributed by atoms with E-state index in [2.05, 4.69) is 20.4 Å². The summed E-state index contributed by atoms with van der Waals surface area (Å²) in [4.78, 5) is 19.9. The fourth-order valence-corrected chi connectivity index (χ4v) is 2.76. The van der Waals surface area contributed by atoms with Gasteiger partial charge in [0.1, 0.15) is 23.2 Å². The maximum Gasteiger partial charge on any atom is 0.413 e. The van der Waals surface area contributed by atoms with Crippen molar-refractivity contribution in [1.29, 1.82) is 0 Å². The first-order valence-corrected chi connectivity index (χ1v) is 8.86. The molecule has 0 aliphatic heterocycles. The Morgan fingerprint density at radius 2 is 2.04 bits per heavy atom. The summed E-state index contributed by atoms with van der Waals surface area (Å²) in [6.45, 7) is 6.62. The van der Waals surface area contributed by atoms with Gasteiger partial charge in [-0.3, -0.25) is 5.32 Å². The number of anilines is 1. The first kappa shape index (κ1) is 17.9. The van der Waals surface area contributed by atoms with Crippen molar-refractivity contribution in [3.8, 4) is 5.82 Å². The Morgan fingerprint density at radius 1 is 1.33 bits per heavy atom. The summed E-state index contributed by atoms with van der Waals surface area (Å²) < 4.78 is 30.9. The molecular formula is C14H19N5O4S. The van der Waals surface area contributed by atoms with Gasteiger partial charge in [-0.05, 0) is 32.9 Å². The van der Waals surface area contributed by atoms with Gasteiger partial charge in [0.05, 0.1) is 5.75 Å². The van der Waals surface area contributed by atoms with E-state index in [0.29, 0.717) is 5.82 Å². The lowest BCUT2D eigenvalue weighted by Gasteiger charge is -2.20. The molecule has 10 heteroatoms. The number of pyridine rings is 1. The highest BCUT2D eigenvalue weighted by Crippen LogP contribution is 2.23. The molecule has 2 heterocycles. The van der Waals surface area contributed by atoms with Crippen LogP contribution in [0, 0.1) is 0 Å². The van der Waals surface area contributed by atoms with E-state index in [1.54, 1.807) is 20.8 Å². The molecule has 0 atom stereocenters. The van der Waals surface area contributed by atoms with Crippen LogP contribution in [0.4, 0.5) is 10.6 Å². The molecule has 130 valence electrons. The minimum absolute atomic E-state index is 0.0836. The highest BCUT2D eigenvalue weighted by molar-refractivity contribution is 7.91. The first-order valence-electron chi connectivity index (χ1n) is 7.21. The lowest BCUT2D eigenvalue weighted by Crippen LogP contribution is -2.28. The maximum absolute atomic E-state index is 12.2. The molecule has 0 aliphatic carbocycles. The number of aromatic nitrogens is 4. The Kier molecular flexibility index (Phi) is 4.88. The molecule has 2 aromatic heterocycles. The van der Waals surface area contributed by atoms with Gasteiger partial charge in [0.15, 0.2) is 21.5 Å². The van der Waals surface area contributed by atoms with E-state index in [9.17, 15) is 13.2 Å². The largest absolute Gasteiger partial charge is 0.444 e. The van der Waals surface area contributed by atoms with E-state index in [-0.39, 0.29) is 16.5 Å². The van der Waals surface area contributed by atoms with Crippen LogP contribution in [-0.2, 0) is 14.6 Å². The fraction of sp³-hybridized carbons (Fsp3) is 0.429. The van der Waals surface area contributed by atoms with Gasteiger partial charge in [0.25, 0.3) is 0 Å². The number of hydrogen-bond acceptors (Lipinski definition) is 7. The molecule has 0 radical (unpaired) electrons. The normalized spacial score (nSPS) is 12.0. The summed E-state index contributed by atoms with van der Waals surface area (Å²) >= 11 is 0. The third kappa shape index (κ3) is 4.28. The smallest absolute Gasteiger partial charge is 0.413 e. The van der Waals surface area contributed by atoms with Crippen LogP contribution in [0.25, 0.3) is 5.82 Å². The number of carbonyl (C=O) groups excluding carboxylic acids is 1. The molecule has 2 rings (SSSR count). The summed E-state index contributed by atoms with van der Waals surface area (Å²) in [5, 5.41) is 6.32. The molecule has 0 fully saturated rings. The highest BCUT2D eigenvalue weighted by Gasteiger charge is 2.23. The second-order valence-corrected chi connectivity index (χ2v) is 8.13. The maximum atomic E-state index is 12.2. The summed E-state index contributed by atoms with van der Waals surface area (Å²) in [6.07, 6.45) is 1.94. The van der Waals surface area contributed by atoms with Crippen LogP contribution in [0.3, 0.4) is 0 Å². The number of nitrogens with zero attached hydrogens (tertiary/aromatic N) is 4. The molecule has 0 aliphatic rings. The van der Waals surface area contributed by atoms with Gasteiger partial charge in [0, 0.05) is 0 Å². The third-order valence-electron chi connectivity index (χ3n) is 2.83. The number of nitrogens with one attached hydrogen (secondary N) is 1. The number of amides is 1. The van der Waals surface area contributed by atoms with E-state index in [1.165, 1.54) is 36.4 Å². The minimum atomic E-state index is -3.58. The van der Waals surface area contributed by atoms with E-state index >= 15 is 0 Å². The van der Waals surface area contributed by atoms with Crippen LogP contribution in [0.15, 0.2) is 29.7 Å². The van der Waals surface area contributed by atoms with Crippen LogP contribution in [0.5, 0.6) is 0 Å². The Labute approximate surface area is 140 Å². The Bertz CT molecular complexity index is 825. The number of sulfone groups is 1. The average Bonchev–Trinajstić information content (AvgIpc) is 2.99. The van der Waals surface area contributed by atoms with Crippen molar-refractivity contribution in [2.75, 3.05) is 11.1 Å². The number of rotatable bonds is 4. The molecule has 24 heavy (non-hydrogen) atoms. The van der Waals surface area contributed by atoms with Crippen LogP contribution in [0.1, 0.15) is 27.7 Å².